The molecule has 0 fully saturated rings. The van der Waals surface area contributed by atoms with E-state index in [1.54, 1.807) is 36.4 Å². The Labute approximate surface area is 196 Å². The number of anilines is 2. The van der Waals surface area contributed by atoms with E-state index in [1.807, 2.05) is 0 Å². The minimum Gasteiger partial charge on any atom is -0.493 e. The quantitative estimate of drug-likeness (QED) is 0.338. The molecule has 2 amide bonds. The summed E-state index contributed by atoms with van der Waals surface area (Å²) in [5.74, 6) is -0.630. The summed E-state index contributed by atoms with van der Waals surface area (Å²) in [5, 5.41) is 5.25. The van der Waals surface area contributed by atoms with Gasteiger partial charge in [-0.15, -0.1) is 0 Å². The van der Waals surface area contributed by atoms with Crippen LogP contribution in [0.3, 0.4) is 0 Å². The lowest BCUT2D eigenvalue weighted by Gasteiger charge is -2.13. The second-order valence-electron chi connectivity index (χ2n) is 7.28. The summed E-state index contributed by atoms with van der Waals surface area (Å²) < 4.78 is 24.7. The molecule has 1 heterocycles. The Bertz CT molecular complexity index is 1180. The lowest BCUT2D eigenvalue weighted by molar-refractivity contribution is -0.116. The van der Waals surface area contributed by atoms with Gasteiger partial charge in [0.1, 0.15) is 11.5 Å². The molecule has 0 radical (unpaired) electrons. The first kappa shape index (κ1) is 24.4. The highest BCUT2D eigenvalue weighted by molar-refractivity contribution is 6.06. The van der Waals surface area contributed by atoms with Gasteiger partial charge in [0.2, 0.25) is 5.91 Å². The summed E-state index contributed by atoms with van der Waals surface area (Å²) in [6, 6.07) is 13.4. The van der Waals surface area contributed by atoms with E-state index in [-0.39, 0.29) is 41.8 Å². The molecule has 0 unspecified atom stereocenters. The predicted octanol–water partition coefficient (Wildman–Crippen LogP) is 4.48. The van der Waals surface area contributed by atoms with E-state index in [0.29, 0.717) is 23.5 Å². The van der Waals surface area contributed by atoms with Crippen LogP contribution in [0.2, 0.25) is 0 Å². The van der Waals surface area contributed by atoms with Crippen LogP contribution in [0.5, 0.6) is 11.5 Å². The number of ketones is 1. The zero-order valence-electron chi connectivity index (χ0n) is 18.8. The molecule has 9 heteroatoms. The van der Waals surface area contributed by atoms with Gasteiger partial charge in [-0.2, -0.15) is 0 Å². The average Bonchev–Trinajstić information content (AvgIpc) is 2.84. The molecule has 3 rings (SSSR count). The fourth-order valence-electron chi connectivity index (χ4n) is 3.05. The summed E-state index contributed by atoms with van der Waals surface area (Å²) in [5.41, 5.74) is 1.08. The molecular formula is C25H24FN3O5. The Balaban J connectivity index is 1.55. The van der Waals surface area contributed by atoms with Crippen molar-refractivity contribution in [3.8, 4) is 11.5 Å². The Morgan fingerprint density at radius 2 is 1.79 bits per heavy atom. The number of halogens is 1. The minimum absolute atomic E-state index is 0.0885. The van der Waals surface area contributed by atoms with E-state index in [4.69, 9.17) is 9.47 Å². The highest BCUT2D eigenvalue weighted by Crippen LogP contribution is 2.28. The summed E-state index contributed by atoms with van der Waals surface area (Å²) in [4.78, 5) is 40.2. The molecule has 8 nitrogen and oxygen atoms in total. The molecule has 0 spiro atoms. The van der Waals surface area contributed by atoms with Crippen LogP contribution < -0.4 is 20.1 Å². The lowest BCUT2D eigenvalue weighted by Crippen LogP contribution is -2.18. The van der Waals surface area contributed by atoms with Gasteiger partial charge in [0, 0.05) is 18.2 Å². The maximum atomic E-state index is 13.8. The van der Waals surface area contributed by atoms with Gasteiger partial charge >= 0.3 is 0 Å². The number of aromatic nitrogens is 1. The van der Waals surface area contributed by atoms with Crippen molar-refractivity contribution in [1.29, 1.82) is 0 Å². The van der Waals surface area contributed by atoms with Crippen molar-refractivity contribution in [2.45, 2.75) is 19.8 Å². The molecule has 0 aliphatic carbocycles. The van der Waals surface area contributed by atoms with Gasteiger partial charge in [0.15, 0.2) is 17.3 Å². The zero-order valence-corrected chi connectivity index (χ0v) is 18.8. The van der Waals surface area contributed by atoms with Crippen LogP contribution in [0.4, 0.5) is 15.8 Å². The highest BCUT2D eigenvalue weighted by Gasteiger charge is 2.14. The van der Waals surface area contributed by atoms with Crippen molar-refractivity contribution in [2.24, 2.45) is 0 Å². The van der Waals surface area contributed by atoms with E-state index >= 15 is 0 Å². The molecule has 34 heavy (non-hydrogen) atoms. The standard InChI is InChI=1S/C25H24FN3O5/c1-16(30)17-8-11-22(23(14-17)33-2)34-13-5-7-24(31)28-21-15-18(26)9-10-19(21)29-25(32)20-6-3-4-12-27-20/h3-4,6,8-12,14-15H,5,7,13H2,1-2H3,(H,28,31)(H,29,32). The number of carbonyl (C=O) groups excluding carboxylic acids is 3. The Hall–Kier alpha value is -4.27. The number of Topliss-reactive ketones (excluding diaryl/α,β-unsaturated/α-hetero) is 1. The number of benzene rings is 2. The normalized spacial score (nSPS) is 10.3. The summed E-state index contributed by atoms with van der Waals surface area (Å²) in [7, 11) is 1.47. The van der Waals surface area contributed by atoms with Crippen LogP contribution >= 0.6 is 0 Å². The smallest absolute Gasteiger partial charge is 0.274 e. The van der Waals surface area contributed by atoms with Gasteiger partial charge < -0.3 is 20.1 Å². The molecule has 2 N–H and O–H groups in total. The van der Waals surface area contributed by atoms with Crippen molar-refractivity contribution < 1.29 is 28.2 Å². The van der Waals surface area contributed by atoms with Crippen molar-refractivity contribution >= 4 is 29.0 Å². The fraction of sp³-hybridized carbons (Fsp3) is 0.200. The van der Waals surface area contributed by atoms with E-state index < -0.39 is 11.7 Å². The van der Waals surface area contributed by atoms with Gasteiger partial charge in [-0.05, 0) is 61.9 Å². The van der Waals surface area contributed by atoms with E-state index in [2.05, 4.69) is 15.6 Å². The van der Waals surface area contributed by atoms with Crippen molar-refractivity contribution in [1.82, 2.24) is 4.98 Å². The number of ether oxygens (including phenoxy) is 2. The first-order valence-electron chi connectivity index (χ1n) is 10.5. The minimum atomic E-state index is -0.560. The number of hydrogen-bond donors (Lipinski definition) is 2. The van der Waals surface area contributed by atoms with Gasteiger partial charge in [-0.3, -0.25) is 19.4 Å². The average molecular weight is 465 g/mol. The van der Waals surface area contributed by atoms with E-state index in [9.17, 15) is 18.8 Å². The molecule has 0 aliphatic heterocycles. The molecule has 0 saturated carbocycles. The Morgan fingerprint density at radius 1 is 0.971 bits per heavy atom. The number of methoxy groups -OCH3 is 1. The first-order valence-corrected chi connectivity index (χ1v) is 10.5. The monoisotopic (exact) mass is 465 g/mol. The molecule has 3 aromatic rings. The summed E-state index contributed by atoms with van der Waals surface area (Å²) >= 11 is 0. The van der Waals surface area contributed by atoms with Gasteiger partial charge in [0.25, 0.3) is 5.91 Å². The number of carbonyl (C=O) groups is 3. The van der Waals surface area contributed by atoms with Gasteiger partial charge in [0.05, 0.1) is 25.1 Å². The third kappa shape index (κ3) is 6.61. The van der Waals surface area contributed by atoms with Crippen molar-refractivity contribution in [3.05, 3.63) is 77.9 Å². The molecule has 0 saturated heterocycles. The molecule has 176 valence electrons. The van der Waals surface area contributed by atoms with Crippen molar-refractivity contribution in [3.63, 3.8) is 0 Å². The number of rotatable bonds is 10. The van der Waals surface area contributed by atoms with Crippen LogP contribution in [0, 0.1) is 5.82 Å². The summed E-state index contributed by atoms with van der Waals surface area (Å²) in [6.45, 7) is 1.68. The van der Waals surface area contributed by atoms with Gasteiger partial charge in [-0.1, -0.05) is 6.07 Å². The molecular weight excluding hydrogens is 441 g/mol. The second kappa shape index (κ2) is 11.6. The van der Waals surface area contributed by atoms with Crippen LogP contribution in [0.25, 0.3) is 0 Å². The van der Waals surface area contributed by atoms with E-state index in [0.717, 1.165) is 6.07 Å². The molecule has 0 bridgehead atoms. The number of nitrogens with one attached hydrogen (secondary N) is 2. The number of nitrogens with zero attached hydrogens (tertiary/aromatic N) is 1. The lowest BCUT2D eigenvalue weighted by atomic mass is 10.1. The molecule has 0 atom stereocenters. The molecule has 2 aromatic carbocycles. The molecule has 1 aromatic heterocycles. The third-order valence-corrected chi connectivity index (χ3v) is 4.78. The SMILES string of the molecule is COc1cc(C(C)=O)ccc1OCCCC(=O)Nc1cc(F)ccc1NC(=O)c1ccccn1. The predicted molar refractivity (Wildman–Crippen MR) is 125 cm³/mol. The zero-order chi connectivity index (χ0) is 24.5. The Morgan fingerprint density at radius 3 is 2.50 bits per heavy atom. The maximum absolute atomic E-state index is 13.8. The molecule has 0 aliphatic rings. The number of pyridine rings is 1. The topological polar surface area (TPSA) is 107 Å². The third-order valence-electron chi connectivity index (χ3n) is 4.78. The first-order chi connectivity index (χ1) is 16.4. The van der Waals surface area contributed by atoms with Crippen molar-refractivity contribution in [2.75, 3.05) is 24.4 Å². The van der Waals surface area contributed by atoms with Crippen LogP contribution in [-0.2, 0) is 4.79 Å². The summed E-state index contributed by atoms with van der Waals surface area (Å²) in [6.07, 6.45) is 1.95. The Kier molecular flexibility index (Phi) is 8.28. The number of amides is 2. The van der Waals surface area contributed by atoms with Crippen LogP contribution in [0.15, 0.2) is 60.8 Å². The van der Waals surface area contributed by atoms with Crippen LogP contribution in [0.1, 0.15) is 40.6 Å². The fourth-order valence-corrected chi connectivity index (χ4v) is 3.05. The van der Waals surface area contributed by atoms with Crippen LogP contribution in [-0.4, -0.2) is 36.3 Å². The van der Waals surface area contributed by atoms with Gasteiger partial charge in [-0.25, -0.2) is 4.39 Å². The van der Waals surface area contributed by atoms with E-state index in [1.165, 1.54) is 32.4 Å². The maximum Gasteiger partial charge on any atom is 0.274 e. The second-order valence-corrected chi connectivity index (χ2v) is 7.28. The largest absolute Gasteiger partial charge is 0.493 e. The highest BCUT2D eigenvalue weighted by atomic mass is 19.1. The number of hydrogen-bond acceptors (Lipinski definition) is 6.